The summed E-state index contributed by atoms with van der Waals surface area (Å²) < 4.78 is 4.96. The molecule has 1 rings (SSSR count). The maximum Gasteiger partial charge on any atom is 0.270 e. The fourth-order valence-electron chi connectivity index (χ4n) is 0.982. The van der Waals surface area contributed by atoms with Crippen molar-refractivity contribution in [2.24, 2.45) is 5.16 Å². The summed E-state index contributed by atoms with van der Waals surface area (Å²) in [5.74, 6) is -0.122. The molecule has 0 bridgehead atoms. The molecule has 0 saturated carbocycles. The SMILES string of the molecule is COc1cccc(NC(=O)C=NO)c1Cl. The van der Waals surface area contributed by atoms with Gasteiger partial charge in [0.1, 0.15) is 17.0 Å². The summed E-state index contributed by atoms with van der Waals surface area (Å²) in [4.78, 5) is 11.0. The summed E-state index contributed by atoms with van der Waals surface area (Å²) in [6, 6.07) is 4.95. The lowest BCUT2D eigenvalue weighted by atomic mass is 10.3. The molecule has 1 amide bonds. The fraction of sp³-hybridized carbons (Fsp3) is 0.111. The first-order valence-corrected chi connectivity index (χ1v) is 4.37. The highest BCUT2D eigenvalue weighted by atomic mass is 35.5. The van der Waals surface area contributed by atoms with Crippen molar-refractivity contribution in [1.82, 2.24) is 0 Å². The normalized spacial score (nSPS) is 10.3. The maximum absolute atomic E-state index is 11.0. The number of anilines is 1. The number of methoxy groups -OCH3 is 1. The van der Waals surface area contributed by atoms with Crippen molar-refractivity contribution < 1.29 is 14.7 Å². The van der Waals surface area contributed by atoms with Gasteiger partial charge in [-0.2, -0.15) is 0 Å². The highest BCUT2D eigenvalue weighted by Crippen LogP contribution is 2.31. The zero-order valence-corrected chi connectivity index (χ0v) is 8.65. The van der Waals surface area contributed by atoms with Crippen molar-refractivity contribution in [3.05, 3.63) is 23.2 Å². The second-order valence-corrected chi connectivity index (χ2v) is 2.93. The van der Waals surface area contributed by atoms with Gasteiger partial charge in [0.05, 0.1) is 12.8 Å². The molecule has 0 aromatic heterocycles. The third kappa shape index (κ3) is 2.85. The third-order valence-corrected chi connectivity index (χ3v) is 2.01. The van der Waals surface area contributed by atoms with Crippen LogP contribution in [0.2, 0.25) is 5.02 Å². The van der Waals surface area contributed by atoms with E-state index in [1.165, 1.54) is 7.11 Å². The number of hydrogen-bond acceptors (Lipinski definition) is 4. The van der Waals surface area contributed by atoms with Crippen LogP contribution in [0.5, 0.6) is 5.75 Å². The lowest BCUT2D eigenvalue weighted by Crippen LogP contribution is -2.12. The maximum atomic E-state index is 11.0. The van der Waals surface area contributed by atoms with Gasteiger partial charge >= 0.3 is 0 Å². The van der Waals surface area contributed by atoms with Crippen molar-refractivity contribution in [3.63, 3.8) is 0 Å². The molecule has 0 heterocycles. The molecule has 1 aromatic carbocycles. The summed E-state index contributed by atoms with van der Waals surface area (Å²) in [6.45, 7) is 0. The minimum absolute atomic E-state index is 0.291. The van der Waals surface area contributed by atoms with Crippen LogP contribution in [0.3, 0.4) is 0 Å². The fourth-order valence-corrected chi connectivity index (χ4v) is 1.23. The van der Waals surface area contributed by atoms with Crippen LogP contribution < -0.4 is 10.1 Å². The van der Waals surface area contributed by atoms with Crippen LogP contribution in [0.25, 0.3) is 0 Å². The summed E-state index contributed by atoms with van der Waals surface area (Å²) in [6.07, 6.45) is 0.732. The number of halogens is 1. The molecule has 0 radical (unpaired) electrons. The summed E-state index contributed by atoms with van der Waals surface area (Å²) in [7, 11) is 1.47. The van der Waals surface area contributed by atoms with Crippen LogP contribution in [-0.4, -0.2) is 24.4 Å². The van der Waals surface area contributed by atoms with Gasteiger partial charge in [0.25, 0.3) is 5.91 Å². The van der Waals surface area contributed by atoms with Crippen LogP contribution in [0.15, 0.2) is 23.4 Å². The van der Waals surface area contributed by atoms with Crippen LogP contribution in [0.1, 0.15) is 0 Å². The van der Waals surface area contributed by atoms with Gasteiger partial charge in [-0.15, -0.1) is 0 Å². The van der Waals surface area contributed by atoms with E-state index in [1.807, 2.05) is 0 Å². The molecule has 5 nitrogen and oxygen atoms in total. The molecule has 0 atom stereocenters. The molecule has 80 valence electrons. The number of ether oxygens (including phenoxy) is 1. The Labute approximate surface area is 91.3 Å². The highest BCUT2D eigenvalue weighted by Gasteiger charge is 2.07. The standard InChI is InChI=1S/C9H9ClN2O3/c1-15-7-4-2-3-6(9(7)10)12-8(13)5-11-14/h2-5,14H,1H3,(H,12,13). The molecule has 0 aliphatic carbocycles. The average molecular weight is 229 g/mol. The van der Waals surface area contributed by atoms with Gasteiger partial charge in [-0.1, -0.05) is 22.8 Å². The Kier molecular flexibility index (Phi) is 3.93. The zero-order valence-electron chi connectivity index (χ0n) is 7.90. The van der Waals surface area contributed by atoms with Gasteiger partial charge < -0.3 is 15.3 Å². The quantitative estimate of drug-likeness (QED) is 0.470. The molecule has 0 saturated heterocycles. The molecular formula is C9H9ClN2O3. The molecule has 0 spiro atoms. The largest absolute Gasteiger partial charge is 0.495 e. The summed E-state index contributed by atoms with van der Waals surface area (Å²) in [5.41, 5.74) is 0.390. The lowest BCUT2D eigenvalue weighted by Gasteiger charge is -2.07. The topological polar surface area (TPSA) is 70.9 Å². The zero-order chi connectivity index (χ0) is 11.3. The molecule has 2 N–H and O–H groups in total. The number of nitrogens with zero attached hydrogens (tertiary/aromatic N) is 1. The first-order valence-electron chi connectivity index (χ1n) is 4.00. The molecule has 0 aliphatic heterocycles. The average Bonchev–Trinajstić information content (AvgIpc) is 2.21. The Hall–Kier alpha value is -1.75. The smallest absolute Gasteiger partial charge is 0.270 e. The molecular weight excluding hydrogens is 220 g/mol. The molecule has 15 heavy (non-hydrogen) atoms. The Morgan fingerprint density at radius 1 is 1.67 bits per heavy atom. The minimum atomic E-state index is -0.576. The lowest BCUT2D eigenvalue weighted by molar-refractivity contribution is -0.110. The van der Waals surface area contributed by atoms with E-state index in [-0.39, 0.29) is 0 Å². The molecule has 1 aromatic rings. The van der Waals surface area contributed by atoms with Gasteiger partial charge in [0, 0.05) is 0 Å². The van der Waals surface area contributed by atoms with Gasteiger partial charge in [0.2, 0.25) is 0 Å². The van der Waals surface area contributed by atoms with Crippen molar-refractivity contribution in [2.75, 3.05) is 12.4 Å². The van der Waals surface area contributed by atoms with E-state index in [9.17, 15) is 4.79 Å². The number of benzene rings is 1. The first-order chi connectivity index (χ1) is 7.19. The van der Waals surface area contributed by atoms with E-state index in [0.29, 0.717) is 16.5 Å². The Morgan fingerprint density at radius 2 is 2.40 bits per heavy atom. The predicted octanol–water partition coefficient (Wildman–Crippen LogP) is 1.75. The second-order valence-electron chi connectivity index (χ2n) is 2.56. The van der Waals surface area contributed by atoms with E-state index in [1.54, 1.807) is 18.2 Å². The number of amides is 1. The third-order valence-electron chi connectivity index (χ3n) is 1.62. The van der Waals surface area contributed by atoms with E-state index in [4.69, 9.17) is 21.5 Å². The Bertz CT molecular complexity index is 393. The van der Waals surface area contributed by atoms with Crippen LogP contribution in [-0.2, 0) is 4.79 Å². The van der Waals surface area contributed by atoms with Crippen molar-refractivity contribution in [2.45, 2.75) is 0 Å². The van der Waals surface area contributed by atoms with Gasteiger partial charge in [-0.3, -0.25) is 4.79 Å². The molecule has 6 heteroatoms. The number of hydrogen-bond donors (Lipinski definition) is 2. The molecule has 0 fully saturated rings. The number of carbonyl (C=O) groups is 1. The van der Waals surface area contributed by atoms with E-state index < -0.39 is 5.91 Å². The number of carbonyl (C=O) groups excluding carboxylic acids is 1. The first kappa shape index (κ1) is 11.3. The summed E-state index contributed by atoms with van der Waals surface area (Å²) >= 11 is 5.91. The molecule has 0 unspecified atom stereocenters. The van der Waals surface area contributed by atoms with E-state index in [0.717, 1.165) is 6.21 Å². The van der Waals surface area contributed by atoms with Gasteiger partial charge in [-0.05, 0) is 12.1 Å². The van der Waals surface area contributed by atoms with Crippen molar-refractivity contribution >= 4 is 29.4 Å². The van der Waals surface area contributed by atoms with E-state index in [2.05, 4.69) is 10.5 Å². The number of oxime groups is 1. The Morgan fingerprint density at radius 3 is 3.00 bits per heavy atom. The second kappa shape index (κ2) is 5.21. The van der Waals surface area contributed by atoms with Crippen LogP contribution in [0, 0.1) is 0 Å². The van der Waals surface area contributed by atoms with Crippen molar-refractivity contribution in [3.8, 4) is 5.75 Å². The van der Waals surface area contributed by atoms with Crippen LogP contribution >= 0.6 is 11.6 Å². The van der Waals surface area contributed by atoms with Crippen molar-refractivity contribution in [1.29, 1.82) is 0 Å². The minimum Gasteiger partial charge on any atom is -0.495 e. The number of nitrogens with one attached hydrogen (secondary N) is 1. The van der Waals surface area contributed by atoms with Gasteiger partial charge in [-0.25, -0.2) is 0 Å². The monoisotopic (exact) mass is 228 g/mol. The van der Waals surface area contributed by atoms with Crippen LogP contribution in [0.4, 0.5) is 5.69 Å². The highest BCUT2D eigenvalue weighted by molar-refractivity contribution is 6.37. The molecule has 0 aliphatic rings. The van der Waals surface area contributed by atoms with Gasteiger partial charge in [0.15, 0.2) is 0 Å². The number of rotatable bonds is 3. The Balaban J connectivity index is 2.90. The predicted molar refractivity (Wildman–Crippen MR) is 56.9 cm³/mol. The van der Waals surface area contributed by atoms with E-state index >= 15 is 0 Å². The summed E-state index contributed by atoms with van der Waals surface area (Å²) in [5, 5.41) is 13.4.